The van der Waals surface area contributed by atoms with Gasteiger partial charge in [0.15, 0.2) is 5.71 Å². The van der Waals surface area contributed by atoms with Crippen LogP contribution in [0.3, 0.4) is 0 Å². The van der Waals surface area contributed by atoms with Crippen molar-refractivity contribution in [3.8, 4) is 0 Å². The van der Waals surface area contributed by atoms with Crippen LogP contribution in [0.25, 0.3) is 0 Å². The molecular formula is C18H33NO3. The topological polar surface area (TPSA) is 58.9 Å². The fourth-order valence-electron chi connectivity index (χ4n) is 2.83. The van der Waals surface area contributed by atoms with E-state index in [0.29, 0.717) is 13.0 Å². The molecule has 4 heteroatoms. The van der Waals surface area contributed by atoms with Crippen LogP contribution in [0.4, 0.5) is 0 Å². The van der Waals surface area contributed by atoms with Crippen molar-refractivity contribution < 1.29 is 14.7 Å². The number of ether oxygens (including phenoxy) is 1. The molecule has 1 N–H and O–H groups in total. The Hall–Kier alpha value is -1.06. The van der Waals surface area contributed by atoms with Gasteiger partial charge in [-0.15, -0.1) is 0 Å². The Labute approximate surface area is 135 Å². The second kappa shape index (κ2) is 12.5. The van der Waals surface area contributed by atoms with Gasteiger partial charge in [-0.2, -0.15) is 0 Å². The largest absolute Gasteiger partial charge is 0.461 e. The maximum Gasteiger partial charge on any atom is 0.356 e. The minimum Gasteiger partial charge on any atom is -0.461 e. The number of carbonyl (C=O) groups is 1. The first-order valence-electron chi connectivity index (χ1n) is 9.16. The van der Waals surface area contributed by atoms with E-state index in [4.69, 9.17) is 9.94 Å². The van der Waals surface area contributed by atoms with Crippen molar-refractivity contribution in [3.63, 3.8) is 0 Å². The van der Waals surface area contributed by atoms with Gasteiger partial charge in [0.1, 0.15) is 0 Å². The lowest BCUT2D eigenvalue weighted by Crippen LogP contribution is -2.18. The van der Waals surface area contributed by atoms with Gasteiger partial charge in [-0.1, -0.05) is 76.3 Å². The van der Waals surface area contributed by atoms with E-state index in [0.717, 1.165) is 31.6 Å². The molecule has 0 bridgehead atoms. The van der Waals surface area contributed by atoms with Crippen molar-refractivity contribution in [2.24, 2.45) is 11.1 Å². The van der Waals surface area contributed by atoms with Crippen molar-refractivity contribution in [1.29, 1.82) is 0 Å². The highest BCUT2D eigenvalue weighted by atomic mass is 16.5. The molecule has 1 rings (SSSR count). The summed E-state index contributed by atoms with van der Waals surface area (Å²) in [5, 5.41) is 12.1. The number of carbonyl (C=O) groups excluding carboxylic acids is 1. The number of rotatable bonds is 13. The Kier molecular flexibility index (Phi) is 10.8. The summed E-state index contributed by atoms with van der Waals surface area (Å²) >= 11 is 0. The molecule has 0 heterocycles. The fourth-order valence-corrected chi connectivity index (χ4v) is 2.83. The summed E-state index contributed by atoms with van der Waals surface area (Å²) in [6.07, 6.45) is 14.9. The number of unbranched alkanes of at least 4 members (excludes halogenated alkanes) is 6. The zero-order valence-electron chi connectivity index (χ0n) is 14.2. The molecule has 0 aliphatic heterocycles. The highest BCUT2D eigenvalue weighted by Crippen LogP contribution is 2.30. The van der Waals surface area contributed by atoms with Crippen molar-refractivity contribution in [2.75, 3.05) is 6.61 Å². The lowest BCUT2D eigenvalue weighted by atomic mass is 9.81. The van der Waals surface area contributed by atoms with Crippen LogP contribution in [0.5, 0.6) is 0 Å². The zero-order valence-corrected chi connectivity index (χ0v) is 14.2. The molecule has 0 spiro atoms. The van der Waals surface area contributed by atoms with Gasteiger partial charge in [0.25, 0.3) is 0 Å². The monoisotopic (exact) mass is 311 g/mol. The van der Waals surface area contributed by atoms with E-state index in [1.54, 1.807) is 0 Å². The van der Waals surface area contributed by atoms with Crippen LogP contribution in [0, 0.1) is 5.92 Å². The summed E-state index contributed by atoms with van der Waals surface area (Å²) in [5.41, 5.74) is 0.180. The van der Waals surface area contributed by atoms with Crippen molar-refractivity contribution in [1.82, 2.24) is 0 Å². The first-order valence-corrected chi connectivity index (χ1v) is 9.16. The maximum absolute atomic E-state index is 11.8. The van der Waals surface area contributed by atoms with Crippen molar-refractivity contribution in [2.45, 2.75) is 90.4 Å². The van der Waals surface area contributed by atoms with E-state index in [2.05, 4.69) is 12.1 Å². The number of oxime groups is 1. The first kappa shape index (κ1) is 19.0. The molecule has 4 nitrogen and oxygen atoms in total. The average Bonchev–Trinajstić information content (AvgIpc) is 2.48. The third-order valence-electron chi connectivity index (χ3n) is 4.59. The number of hydrogen-bond acceptors (Lipinski definition) is 4. The third-order valence-corrected chi connectivity index (χ3v) is 4.59. The zero-order chi connectivity index (χ0) is 16.0. The van der Waals surface area contributed by atoms with Gasteiger partial charge in [-0.05, 0) is 18.8 Å². The summed E-state index contributed by atoms with van der Waals surface area (Å²) in [7, 11) is 0. The van der Waals surface area contributed by atoms with Crippen molar-refractivity contribution in [3.05, 3.63) is 0 Å². The molecular weight excluding hydrogens is 278 g/mol. The minimum atomic E-state index is -0.445. The van der Waals surface area contributed by atoms with Gasteiger partial charge < -0.3 is 9.94 Å². The van der Waals surface area contributed by atoms with E-state index in [-0.39, 0.29) is 5.71 Å². The summed E-state index contributed by atoms with van der Waals surface area (Å²) in [6, 6.07) is 0. The molecule has 0 radical (unpaired) electrons. The van der Waals surface area contributed by atoms with E-state index < -0.39 is 5.97 Å². The SMILES string of the molecule is CCCCCCCCOC(=O)C(CCCCC1CCC1)=NO. The highest BCUT2D eigenvalue weighted by Gasteiger charge is 2.17. The summed E-state index contributed by atoms with van der Waals surface area (Å²) in [4.78, 5) is 11.8. The fraction of sp³-hybridized carbons (Fsp3) is 0.889. The molecule has 0 saturated heterocycles. The van der Waals surface area contributed by atoms with Crippen LogP contribution in [0.2, 0.25) is 0 Å². The molecule has 0 atom stereocenters. The van der Waals surface area contributed by atoms with Crippen LogP contribution in [-0.2, 0) is 9.53 Å². The average molecular weight is 311 g/mol. The first-order chi connectivity index (χ1) is 10.8. The Morgan fingerprint density at radius 2 is 1.82 bits per heavy atom. The van der Waals surface area contributed by atoms with E-state index >= 15 is 0 Å². The second-order valence-corrected chi connectivity index (χ2v) is 6.49. The molecule has 0 aromatic carbocycles. The van der Waals surface area contributed by atoms with Gasteiger partial charge in [0.2, 0.25) is 0 Å². The predicted octanol–water partition coefficient (Wildman–Crippen LogP) is 5.08. The van der Waals surface area contributed by atoms with Gasteiger partial charge in [-0.25, -0.2) is 4.79 Å². The molecule has 0 aromatic heterocycles. The molecule has 1 fully saturated rings. The van der Waals surface area contributed by atoms with Gasteiger partial charge in [0, 0.05) is 6.42 Å². The van der Waals surface area contributed by atoms with Crippen LogP contribution in [-0.4, -0.2) is 23.5 Å². The molecule has 1 aliphatic rings. The molecule has 128 valence electrons. The highest BCUT2D eigenvalue weighted by molar-refractivity contribution is 6.36. The maximum atomic E-state index is 11.8. The van der Waals surface area contributed by atoms with Crippen LogP contribution in [0.1, 0.15) is 90.4 Å². The quantitative estimate of drug-likeness (QED) is 0.170. The Balaban J connectivity index is 2.00. The molecule has 22 heavy (non-hydrogen) atoms. The smallest absolute Gasteiger partial charge is 0.356 e. The van der Waals surface area contributed by atoms with Gasteiger partial charge >= 0.3 is 5.97 Å². The minimum absolute atomic E-state index is 0.180. The normalized spacial score (nSPS) is 15.6. The predicted molar refractivity (Wildman–Crippen MR) is 89.4 cm³/mol. The third kappa shape index (κ3) is 8.40. The lowest BCUT2D eigenvalue weighted by molar-refractivity contribution is -0.136. The molecule has 0 unspecified atom stereocenters. The molecule has 1 saturated carbocycles. The Bertz CT molecular complexity index is 324. The van der Waals surface area contributed by atoms with Crippen LogP contribution < -0.4 is 0 Å². The Morgan fingerprint density at radius 1 is 1.09 bits per heavy atom. The lowest BCUT2D eigenvalue weighted by Gasteiger charge is -2.24. The molecule has 1 aliphatic carbocycles. The van der Waals surface area contributed by atoms with Crippen molar-refractivity contribution >= 4 is 11.7 Å². The molecule has 0 aromatic rings. The van der Waals surface area contributed by atoms with Gasteiger partial charge in [-0.3, -0.25) is 0 Å². The summed E-state index contributed by atoms with van der Waals surface area (Å²) in [5.74, 6) is 0.453. The summed E-state index contributed by atoms with van der Waals surface area (Å²) < 4.78 is 5.18. The molecule has 0 amide bonds. The summed E-state index contributed by atoms with van der Waals surface area (Å²) in [6.45, 7) is 2.63. The van der Waals surface area contributed by atoms with Gasteiger partial charge in [0.05, 0.1) is 6.61 Å². The standard InChI is InChI=1S/C18H33NO3/c1-2-3-4-5-6-9-15-22-18(20)17(19-21)14-8-7-11-16-12-10-13-16/h16,21H,2-15H2,1H3. The Morgan fingerprint density at radius 3 is 2.45 bits per heavy atom. The second-order valence-electron chi connectivity index (χ2n) is 6.49. The van der Waals surface area contributed by atoms with Crippen LogP contribution >= 0.6 is 0 Å². The van der Waals surface area contributed by atoms with Crippen LogP contribution in [0.15, 0.2) is 5.16 Å². The van der Waals surface area contributed by atoms with E-state index in [1.165, 1.54) is 51.4 Å². The van der Waals surface area contributed by atoms with E-state index in [9.17, 15) is 4.79 Å². The number of esters is 1. The number of nitrogens with zero attached hydrogens (tertiary/aromatic N) is 1. The van der Waals surface area contributed by atoms with E-state index in [1.807, 2.05) is 0 Å². The number of hydrogen-bond donors (Lipinski definition) is 1.